The molecule has 0 radical (unpaired) electrons. The van der Waals surface area contributed by atoms with Crippen molar-refractivity contribution in [1.82, 2.24) is 10.2 Å². The molecular formula is C44H77N3O12. The highest BCUT2D eigenvalue weighted by Crippen LogP contribution is 2.41. The van der Waals surface area contributed by atoms with Gasteiger partial charge in [0.25, 0.3) is 0 Å². The summed E-state index contributed by atoms with van der Waals surface area (Å²) in [7, 11) is 5.25. The molecular weight excluding hydrogens is 762 g/mol. The van der Waals surface area contributed by atoms with E-state index in [4.69, 9.17) is 34.2 Å². The molecule has 0 aliphatic carbocycles. The first-order valence-corrected chi connectivity index (χ1v) is 21.5. The summed E-state index contributed by atoms with van der Waals surface area (Å²) in [4.78, 5) is 16.5. The second-order valence-electron chi connectivity index (χ2n) is 18.6. The summed E-state index contributed by atoms with van der Waals surface area (Å²) >= 11 is 0. The van der Waals surface area contributed by atoms with Gasteiger partial charge in [-0.15, -0.1) is 0 Å². The number of cyclic esters (lactones) is 1. The van der Waals surface area contributed by atoms with Crippen LogP contribution in [0.15, 0.2) is 30.3 Å². The number of hydrogen-bond donors (Lipinski definition) is 7. The van der Waals surface area contributed by atoms with E-state index in [9.17, 15) is 30.3 Å². The van der Waals surface area contributed by atoms with Crippen molar-refractivity contribution in [3.8, 4) is 0 Å². The van der Waals surface area contributed by atoms with Crippen LogP contribution in [0.4, 0.5) is 0 Å². The largest absolute Gasteiger partial charge is 0.459 e. The summed E-state index contributed by atoms with van der Waals surface area (Å²) in [5.41, 5.74) is 3.17. The average Bonchev–Trinajstić information content (AvgIpc) is 3.19. The Morgan fingerprint density at radius 3 is 2.17 bits per heavy atom. The lowest BCUT2D eigenvalue weighted by atomic mass is 9.72. The van der Waals surface area contributed by atoms with Gasteiger partial charge in [0.1, 0.15) is 23.9 Å². The van der Waals surface area contributed by atoms with E-state index < -0.39 is 108 Å². The van der Waals surface area contributed by atoms with Crippen LogP contribution in [0.3, 0.4) is 0 Å². The molecule has 0 amide bonds. The third-order valence-corrected chi connectivity index (χ3v) is 13.6. The number of nitrogens with zero attached hydrogens (tertiary/aromatic N) is 1. The fourth-order valence-corrected chi connectivity index (χ4v) is 9.70. The quantitative estimate of drug-likeness (QED) is 0.159. The second kappa shape index (κ2) is 20.6. The molecule has 59 heavy (non-hydrogen) atoms. The molecule has 3 saturated heterocycles. The lowest BCUT2D eigenvalue weighted by Crippen LogP contribution is -2.64. The Morgan fingerprint density at radius 2 is 1.58 bits per heavy atom. The van der Waals surface area contributed by atoms with E-state index in [0.717, 1.165) is 5.56 Å². The van der Waals surface area contributed by atoms with Gasteiger partial charge in [-0.3, -0.25) is 4.79 Å². The molecule has 0 spiro atoms. The van der Waals surface area contributed by atoms with Crippen molar-refractivity contribution >= 4 is 5.97 Å². The summed E-state index contributed by atoms with van der Waals surface area (Å²) < 4.78 is 37.9. The number of rotatable bonds is 11. The standard InChI is InChI=1S/C44H77N3O12/c1-13-32-44(53,23-46-22-30-17-15-14-16-18-30)37(49)26(4)34(45)24(2)20-42(8,52)39(59-41-35(48)31(47(10)11)19-25(3)55-41)27(5)36(28(6)40(51)57-32)58-33-21-43(9,54-12)38(50)29(7)56-33/h14-18,24-29,31-39,41,46,48-50,52-53H,13,19-23,45H2,1-12H3/t24-,25-,26+,27+,28-,29+,31+,32?,33+,34-,35-,36?,37-,38+,39-,41+,42-,43-,44-/m1/s1. The number of hydrogen-bond acceptors (Lipinski definition) is 15. The maximum atomic E-state index is 14.6. The third kappa shape index (κ3) is 11.4. The zero-order chi connectivity index (χ0) is 44.2. The Morgan fingerprint density at radius 1 is 0.932 bits per heavy atom. The van der Waals surface area contributed by atoms with Crippen molar-refractivity contribution < 1.29 is 58.7 Å². The molecule has 3 heterocycles. The van der Waals surface area contributed by atoms with Gasteiger partial charge in [-0.05, 0) is 79.5 Å². The number of esters is 1. The molecule has 4 rings (SSSR count). The molecule has 0 saturated carbocycles. The highest BCUT2D eigenvalue weighted by molar-refractivity contribution is 5.73. The molecule has 15 heteroatoms. The molecule has 1 aromatic rings. The topological polar surface area (TPSA) is 215 Å². The van der Waals surface area contributed by atoms with E-state index in [0.29, 0.717) is 13.0 Å². The number of ether oxygens (including phenoxy) is 6. The first-order chi connectivity index (χ1) is 27.5. The molecule has 0 bridgehead atoms. The van der Waals surface area contributed by atoms with Crippen LogP contribution < -0.4 is 11.1 Å². The van der Waals surface area contributed by atoms with Gasteiger partial charge in [-0.25, -0.2) is 0 Å². The number of aliphatic hydroxyl groups is 5. The predicted molar refractivity (Wildman–Crippen MR) is 222 cm³/mol. The van der Waals surface area contributed by atoms with Gasteiger partial charge in [-0.1, -0.05) is 58.0 Å². The average molecular weight is 840 g/mol. The zero-order valence-electron chi connectivity index (χ0n) is 37.5. The van der Waals surface area contributed by atoms with Crippen LogP contribution in [0, 0.1) is 23.7 Å². The molecule has 2 unspecified atom stereocenters. The van der Waals surface area contributed by atoms with Crippen LogP contribution in [0.25, 0.3) is 0 Å². The minimum atomic E-state index is -1.98. The van der Waals surface area contributed by atoms with Crippen molar-refractivity contribution in [1.29, 1.82) is 0 Å². The molecule has 8 N–H and O–H groups in total. The number of carbonyl (C=O) groups excluding carboxylic acids is 1. The number of aliphatic hydroxyl groups excluding tert-OH is 3. The molecule has 19 atom stereocenters. The van der Waals surface area contributed by atoms with Crippen LogP contribution in [0.2, 0.25) is 0 Å². The number of likely N-dealkylation sites (N-methyl/N-ethyl adjacent to an activating group) is 1. The molecule has 340 valence electrons. The van der Waals surface area contributed by atoms with E-state index in [2.05, 4.69) is 5.32 Å². The first-order valence-electron chi connectivity index (χ1n) is 21.5. The lowest BCUT2D eigenvalue weighted by Gasteiger charge is -2.49. The first kappa shape index (κ1) is 49.8. The fourth-order valence-electron chi connectivity index (χ4n) is 9.70. The summed E-state index contributed by atoms with van der Waals surface area (Å²) in [6.07, 6.45) is -9.13. The normalized spacial score (nSPS) is 45.8. The van der Waals surface area contributed by atoms with Gasteiger partial charge < -0.3 is 69.9 Å². The van der Waals surface area contributed by atoms with Crippen LogP contribution >= 0.6 is 0 Å². The number of nitrogens with one attached hydrogen (secondary N) is 1. The van der Waals surface area contributed by atoms with E-state index in [1.807, 2.05) is 63.2 Å². The van der Waals surface area contributed by atoms with Gasteiger partial charge in [0.05, 0.1) is 47.6 Å². The summed E-state index contributed by atoms with van der Waals surface area (Å²) in [6, 6.07) is 8.57. The predicted octanol–water partition coefficient (Wildman–Crippen LogP) is 2.31. The molecule has 0 aromatic heterocycles. The van der Waals surface area contributed by atoms with E-state index in [1.54, 1.807) is 48.5 Å². The van der Waals surface area contributed by atoms with Crippen molar-refractivity contribution in [2.75, 3.05) is 27.7 Å². The van der Waals surface area contributed by atoms with Crippen LogP contribution in [0.1, 0.15) is 93.6 Å². The van der Waals surface area contributed by atoms with Gasteiger partial charge in [0.2, 0.25) is 0 Å². The van der Waals surface area contributed by atoms with Gasteiger partial charge >= 0.3 is 5.97 Å². The minimum absolute atomic E-state index is 0.0635. The summed E-state index contributed by atoms with van der Waals surface area (Å²) in [6.45, 7) is 16.1. The second-order valence-corrected chi connectivity index (χ2v) is 18.6. The Bertz CT molecular complexity index is 1460. The van der Waals surface area contributed by atoms with Crippen molar-refractivity contribution in [3.63, 3.8) is 0 Å². The van der Waals surface area contributed by atoms with E-state index in [1.165, 1.54) is 7.11 Å². The minimum Gasteiger partial charge on any atom is -0.459 e. The van der Waals surface area contributed by atoms with Crippen LogP contribution in [0.5, 0.6) is 0 Å². The summed E-state index contributed by atoms with van der Waals surface area (Å²) in [5, 5.41) is 63.3. The Balaban J connectivity index is 1.82. The Kier molecular flexibility index (Phi) is 17.4. The monoisotopic (exact) mass is 840 g/mol. The van der Waals surface area contributed by atoms with E-state index >= 15 is 0 Å². The molecule has 3 aliphatic heterocycles. The van der Waals surface area contributed by atoms with Crippen molar-refractivity contribution in [3.05, 3.63) is 35.9 Å². The molecule has 1 aromatic carbocycles. The van der Waals surface area contributed by atoms with Gasteiger partial charge in [-0.2, -0.15) is 0 Å². The Hall–Kier alpha value is -1.83. The molecule has 3 aliphatic rings. The van der Waals surface area contributed by atoms with Gasteiger partial charge in [0.15, 0.2) is 12.6 Å². The van der Waals surface area contributed by atoms with Crippen molar-refractivity contribution in [2.24, 2.45) is 29.4 Å². The number of carbonyl (C=O) groups is 1. The van der Waals surface area contributed by atoms with Crippen LogP contribution in [-0.2, 0) is 39.8 Å². The maximum Gasteiger partial charge on any atom is 0.311 e. The third-order valence-electron chi connectivity index (χ3n) is 13.6. The highest BCUT2D eigenvalue weighted by Gasteiger charge is 2.54. The number of nitrogens with two attached hydrogens (primary N) is 1. The van der Waals surface area contributed by atoms with E-state index in [-0.39, 0.29) is 38.0 Å². The lowest BCUT2D eigenvalue weighted by molar-refractivity contribution is -0.318. The Labute approximate surface area is 352 Å². The number of benzene rings is 1. The summed E-state index contributed by atoms with van der Waals surface area (Å²) in [5.74, 6) is -3.78. The number of methoxy groups -OCH3 is 1. The molecule has 15 nitrogen and oxygen atoms in total. The van der Waals surface area contributed by atoms with Crippen LogP contribution in [-0.4, -0.2) is 154 Å². The SMILES string of the molecule is CCC1OC(=O)[C@H](C)C(O[C@H]2C[C@@](C)(OC)[C@@H](O)[C@H](C)O2)[C@H](C)[C@@H](O[C@@H]2O[C@H](C)C[C@H](N(C)C)[C@H]2O)[C@](C)(O)C[C@@H](C)[C@@H](N)[C@H](C)[C@@H](O)[C@@]1(O)CNCc1ccccc1. The van der Waals surface area contributed by atoms with Gasteiger partial charge in [0, 0.05) is 50.5 Å². The molecule has 3 fully saturated rings. The maximum absolute atomic E-state index is 14.6. The fraction of sp³-hybridized carbons (Fsp3) is 0.841. The highest BCUT2D eigenvalue weighted by atomic mass is 16.7. The smallest absolute Gasteiger partial charge is 0.311 e. The van der Waals surface area contributed by atoms with Crippen molar-refractivity contribution in [2.45, 2.75) is 185 Å². The zero-order valence-corrected chi connectivity index (χ0v) is 37.5.